The van der Waals surface area contributed by atoms with Gasteiger partial charge in [0, 0.05) is 31.1 Å². The van der Waals surface area contributed by atoms with Gasteiger partial charge in [0.1, 0.15) is 12.6 Å². The number of alkyl carbamates (subject to hydrolysis) is 1. The van der Waals surface area contributed by atoms with E-state index in [-0.39, 0.29) is 32.1 Å². The molecule has 9 nitrogen and oxygen atoms in total. The standard InChI is InChI=1S/C35H40N4O5/c1-2-3-4-5-6-15-32-38-33(39-44-32)25-18-16-24(17-19-25)22-36-34(41)31(20-21-40)37-35(42)43-23-30-28-13-9-7-11-26(28)27-12-8-10-14-29(27)30/h7-14,16-19,30-31,40H,2-6,15,20-23H2,1H3,(H,36,41)(H,37,42)/t31-/m0/s1. The summed E-state index contributed by atoms with van der Waals surface area (Å²) in [5.74, 6) is 0.695. The van der Waals surface area contributed by atoms with Gasteiger partial charge in [0.15, 0.2) is 0 Å². The lowest BCUT2D eigenvalue weighted by molar-refractivity contribution is -0.123. The Labute approximate surface area is 258 Å². The first kappa shape index (κ1) is 30.9. The van der Waals surface area contributed by atoms with Crippen LogP contribution in [0.4, 0.5) is 4.79 Å². The molecule has 0 spiro atoms. The monoisotopic (exact) mass is 596 g/mol. The van der Waals surface area contributed by atoms with Crippen LogP contribution < -0.4 is 10.6 Å². The number of nitrogens with zero attached hydrogens (tertiary/aromatic N) is 2. The number of unbranched alkanes of at least 4 members (excludes halogenated alkanes) is 4. The first-order valence-corrected chi connectivity index (χ1v) is 15.5. The molecule has 1 aliphatic carbocycles. The van der Waals surface area contributed by atoms with Crippen molar-refractivity contribution in [2.24, 2.45) is 0 Å². The number of hydrogen-bond acceptors (Lipinski definition) is 7. The molecule has 1 atom stereocenters. The zero-order valence-corrected chi connectivity index (χ0v) is 25.1. The first-order valence-electron chi connectivity index (χ1n) is 15.5. The summed E-state index contributed by atoms with van der Waals surface area (Å²) < 4.78 is 11.0. The van der Waals surface area contributed by atoms with Crippen LogP contribution in [0.1, 0.15) is 73.9 Å². The second-order valence-corrected chi connectivity index (χ2v) is 11.1. The third-order valence-electron chi connectivity index (χ3n) is 8.01. The molecule has 1 heterocycles. The SMILES string of the molecule is CCCCCCCc1nc(-c2ccc(CNC(=O)[C@H](CCO)NC(=O)OCC3c4ccccc4-c4ccccc43)cc2)no1. The number of amides is 2. The number of fused-ring (bicyclic) bond motifs is 3. The second kappa shape index (κ2) is 15.3. The van der Waals surface area contributed by atoms with E-state index >= 15 is 0 Å². The van der Waals surface area contributed by atoms with Gasteiger partial charge in [-0.15, -0.1) is 0 Å². The normalized spacial score (nSPS) is 12.8. The Morgan fingerprint density at radius 1 is 0.932 bits per heavy atom. The van der Waals surface area contributed by atoms with Crippen LogP contribution in [-0.4, -0.2) is 46.5 Å². The van der Waals surface area contributed by atoms with Crippen molar-refractivity contribution in [3.63, 3.8) is 0 Å². The average molecular weight is 597 g/mol. The summed E-state index contributed by atoms with van der Waals surface area (Å²) in [7, 11) is 0. The number of aliphatic hydroxyl groups is 1. The third kappa shape index (κ3) is 7.71. The zero-order valence-electron chi connectivity index (χ0n) is 25.1. The molecule has 1 aliphatic rings. The lowest BCUT2D eigenvalue weighted by Crippen LogP contribution is -2.47. The van der Waals surface area contributed by atoms with E-state index in [1.165, 1.54) is 19.3 Å². The van der Waals surface area contributed by atoms with Crippen LogP contribution >= 0.6 is 0 Å². The van der Waals surface area contributed by atoms with Gasteiger partial charge in [-0.2, -0.15) is 4.98 Å². The molecule has 2 amide bonds. The molecule has 44 heavy (non-hydrogen) atoms. The van der Waals surface area contributed by atoms with E-state index < -0.39 is 18.0 Å². The fraction of sp³-hybridized carbons (Fsp3) is 0.371. The molecule has 3 N–H and O–H groups in total. The molecule has 5 rings (SSSR count). The number of aliphatic hydroxyl groups excluding tert-OH is 1. The van der Waals surface area contributed by atoms with Gasteiger partial charge >= 0.3 is 6.09 Å². The summed E-state index contributed by atoms with van der Waals surface area (Å²) in [6.45, 7) is 2.33. The Morgan fingerprint density at radius 3 is 2.30 bits per heavy atom. The summed E-state index contributed by atoms with van der Waals surface area (Å²) in [5, 5.41) is 19.1. The largest absolute Gasteiger partial charge is 0.449 e. The Hall–Kier alpha value is -4.50. The Morgan fingerprint density at radius 2 is 1.61 bits per heavy atom. The Kier molecular flexibility index (Phi) is 10.8. The van der Waals surface area contributed by atoms with Crippen LogP contribution in [0.5, 0.6) is 0 Å². The molecule has 0 aliphatic heterocycles. The molecule has 0 fully saturated rings. The molecule has 0 unspecified atom stereocenters. The van der Waals surface area contributed by atoms with Crippen LogP contribution in [0.2, 0.25) is 0 Å². The topological polar surface area (TPSA) is 127 Å². The molecular formula is C35H40N4O5. The smallest absolute Gasteiger partial charge is 0.407 e. The highest BCUT2D eigenvalue weighted by Crippen LogP contribution is 2.44. The molecule has 9 heteroatoms. The molecule has 1 aromatic heterocycles. The Bertz CT molecular complexity index is 1490. The van der Waals surface area contributed by atoms with Gasteiger partial charge in [-0.1, -0.05) is 111 Å². The molecule has 0 bridgehead atoms. The van der Waals surface area contributed by atoms with Gasteiger partial charge in [0.2, 0.25) is 17.6 Å². The average Bonchev–Trinajstić information content (AvgIpc) is 3.65. The highest BCUT2D eigenvalue weighted by atomic mass is 16.5. The number of ether oxygens (including phenoxy) is 1. The van der Waals surface area contributed by atoms with Gasteiger partial charge in [0.25, 0.3) is 0 Å². The fourth-order valence-electron chi connectivity index (χ4n) is 5.62. The van der Waals surface area contributed by atoms with E-state index in [1.54, 1.807) is 0 Å². The summed E-state index contributed by atoms with van der Waals surface area (Å²) in [6, 6.07) is 22.8. The number of aryl methyl sites for hydroxylation is 1. The van der Waals surface area contributed by atoms with Gasteiger partial charge in [-0.25, -0.2) is 4.79 Å². The van der Waals surface area contributed by atoms with Crippen molar-refractivity contribution in [3.8, 4) is 22.5 Å². The van der Waals surface area contributed by atoms with Crippen LogP contribution in [0.3, 0.4) is 0 Å². The van der Waals surface area contributed by atoms with E-state index in [1.807, 2.05) is 60.7 Å². The molecular weight excluding hydrogens is 556 g/mol. The molecule has 3 aromatic carbocycles. The zero-order chi connectivity index (χ0) is 30.7. The molecule has 0 saturated carbocycles. The van der Waals surface area contributed by atoms with Crippen molar-refractivity contribution < 1.29 is 24.0 Å². The Balaban J connectivity index is 1.10. The van der Waals surface area contributed by atoms with E-state index in [4.69, 9.17) is 9.26 Å². The van der Waals surface area contributed by atoms with Crippen molar-refractivity contribution in [2.45, 2.75) is 70.4 Å². The predicted octanol–water partition coefficient (Wildman–Crippen LogP) is 6.16. The molecule has 4 aromatic rings. The van der Waals surface area contributed by atoms with Crippen molar-refractivity contribution in [1.82, 2.24) is 20.8 Å². The highest BCUT2D eigenvalue weighted by molar-refractivity contribution is 5.85. The van der Waals surface area contributed by atoms with Crippen LogP contribution in [0.25, 0.3) is 22.5 Å². The number of hydrogen-bond donors (Lipinski definition) is 3. The van der Waals surface area contributed by atoms with Crippen molar-refractivity contribution in [1.29, 1.82) is 0 Å². The van der Waals surface area contributed by atoms with E-state index in [9.17, 15) is 14.7 Å². The van der Waals surface area contributed by atoms with Gasteiger partial charge in [-0.3, -0.25) is 4.79 Å². The number of carbonyl (C=O) groups is 2. The quantitative estimate of drug-likeness (QED) is 0.140. The summed E-state index contributed by atoms with van der Waals surface area (Å²) >= 11 is 0. The lowest BCUT2D eigenvalue weighted by Gasteiger charge is -2.19. The fourth-order valence-corrected chi connectivity index (χ4v) is 5.62. The number of nitrogens with one attached hydrogen (secondary N) is 2. The minimum atomic E-state index is -0.936. The van der Waals surface area contributed by atoms with Gasteiger partial charge in [0.05, 0.1) is 0 Å². The molecule has 230 valence electrons. The van der Waals surface area contributed by atoms with Crippen molar-refractivity contribution in [3.05, 3.63) is 95.4 Å². The maximum absolute atomic E-state index is 12.9. The number of rotatable bonds is 15. The minimum absolute atomic E-state index is 0.0632. The number of benzene rings is 3. The van der Waals surface area contributed by atoms with Crippen LogP contribution in [0, 0.1) is 0 Å². The maximum atomic E-state index is 12.9. The van der Waals surface area contributed by atoms with E-state index in [2.05, 4.69) is 39.8 Å². The second-order valence-electron chi connectivity index (χ2n) is 11.1. The predicted molar refractivity (Wildman–Crippen MR) is 168 cm³/mol. The van der Waals surface area contributed by atoms with Crippen LogP contribution in [0.15, 0.2) is 77.3 Å². The summed E-state index contributed by atoms with van der Waals surface area (Å²) in [6.07, 6.45) is 6.02. The third-order valence-corrected chi connectivity index (χ3v) is 8.01. The molecule has 0 saturated heterocycles. The lowest BCUT2D eigenvalue weighted by atomic mass is 9.98. The highest BCUT2D eigenvalue weighted by Gasteiger charge is 2.29. The van der Waals surface area contributed by atoms with E-state index in [0.29, 0.717) is 11.7 Å². The van der Waals surface area contributed by atoms with Gasteiger partial charge in [-0.05, 0) is 40.7 Å². The van der Waals surface area contributed by atoms with Crippen molar-refractivity contribution >= 4 is 12.0 Å². The number of aromatic nitrogens is 2. The van der Waals surface area contributed by atoms with Gasteiger partial charge < -0.3 is 25.0 Å². The van der Waals surface area contributed by atoms with Crippen LogP contribution in [-0.2, 0) is 22.5 Å². The summed E-state index contributed by atoms with van der Waals surface area (Å²) in [5.41, 5.74) is 6.18. The number of carbonyl (C=O) groups excluding carboxylic acids is 2. The maximum Gasteiger partial charge on any atom is 0.407 e. The first-order chi connectivity index (χ1) is 21.6. The summed E-state index contributed by atoms with van der Waals surface area (Å²) in [4.78, 5) is 30.2. The minimum Gasteiger partial charge on any atom is -0.449 e. The molecule has 0 radical (unpaired) electrons. The van der Waals surface area contributed by atoms with E-state index in [0.717, 1.165) is 52.6 Å². The van der Waals surface area contributed by atoms with Crippen molar-refractivity contribution in [2.75, 3.05) is 13.2 Å².